The van der Waals surface area contributed by atoms with Crippen LogP contribution in [0.15, 0.2) is 11.6 Å². The number of anilines is 1. The van der Waals surface area contributed by atoms with Gasteiger partial charge in [0.15, 0.2) is 0 Å². The van der Waals surface area contributed by atoms with Crippen LogP contribution in [0, 0.1) is 12.8 Å². The van der Waals surface area contributed by atoms with E-state index in [1.807, 2.05) is 33.8 Å². The van der Waals surface area contributed by atoms with Crippen molar-refractivity contribution in [1.82, 2.24) is 4.90 Å². The molecule has 0 saturated carbocycles. The van der Waals surface area contributed by atoms with Crippen LogP contribution in [0.5, 0.6) is 0 Å². The van der Waals surface area contributed by atoms with Crippen LogP contribution in [0.4, 0.5) is 10.5 Å². The lowest BCUT2D eigenvalue weighted by Gasteiger charge is -2.22. The Bertz CT molecular complexity index is 871. The minimum absolute atomic E-state index is 0.0583. The first kappa shape index (κ1) is 22.5. The molecule has 0 bridgehead atoms. The Balaban J connectivity index is 2.58. The number of carboxylic acids is 1. The molecule has 0 fully saturated rings. The van der Waals surface area contributed by atoms with Crippen LogP contribution in [0.2, 0.25) is 0 Å². The highest BCUT2D eigenvalue weighted by molar-refractivity contribution is 6.05. The van der Waals surface area contributed by atoms with Gasteiger partial charge in [0.05, 0.1) is 17.7 Å². The molecule has 0 aliphatic carbocycles. The monoisotopic (exact) mass is 402 g/mol. The standard InChI is InChI=1S/C22H30N2O5/c1-7-15-14(4)17-11-29-21(27)19(17)20(23-22(28)24(5)6)16(15)9-8-12(2)13(3)10-18(25)26/h8,13H,7,9-11H2,1-6H3,(H,23,28)(H,25,26)/b12-8+. The number of amides is 2. The van der Waals surface area contributed by atoms with Gasteiger partial charge in [0, 0.05) is 19.7 Å². The molecule has 29 heavy (non-hydrogen) atoms. The van der Waals surface area contributed by atoms with E-state index in [0.717, 1.165) is 34.2 Å². The average molecular weight is 402 g/mol. The summed E-state index contributed by atoms with van der Waals surface area (Å²) in [6.07, 6.45) is 3.27. The highest BCUT2D eigenvalue weighted by Gasteiger charge is 2.31. The van der Waals surface area contributed by atoms with Crippen LogP contribution in [0.25, 0.3) is 0 Å². The molecule has 2 amide bonds. The largest absolute Gasteiger partial charge is 0.481 e. The van der Waals surface area contributed by atoms with Crippen molar-refractivity contribution in [3.8, 4) is 0 Å². The summed E-state index contributed by atoms with van der Waals surface area (Å²) >= 11 is 0. The lowest BCUT2D eigenvalue weighted by Crippen LogP contribution is -2.29. The van der Waals surface area contributed by atoms with Gasteiger partial charge in [-0.15, -0.1) is 0 Å². The maximum atomic E-state index is 12.4. The maximum absolute atomic E-state index is 12.4. The number of urea groups is 1. The first-order valence-electron chi connectivity index (χ1n) is 9.79. The summed E-state index contributed by atoms with van der Waals surface area (Å²) in [7, 11) is 3.28. The number of hydrogen-bond acceptors (Lipinski definition) is 4. The molecule has 0 aromatic heterocycles. The Morgan fingerprint density at radius 2 is 1.97 bits per heavy atom. The molecule has 2 rings (SSSR count). The Morgan fingerprint density at radius 3 is 2.52 bits per heavy atom. The lowest BCUT2D eigenvalue weighted by molar-refractivity contribution is -0.137. The van der Waals surface area contributed by atoms with Crippen molar-refractivity contribution in [2.24, 2.45) is 5.92 Å². The number of carbonyl (C=O) groups excluding carboxylic acids is 2. The lowest BCUT2D eigenvalue weighted by atomic mass is 9.87. The number of benzene rings is 1. The zero-order valence-electron chi connectivity index (χ0n) is 18.0. The second-order valence-electron chi connectivity index (χ2n) is 7.72. The molecule has 1 heterocycles. The molecule has 1 atom stereocenters. The summed E-state index contributed by atoms with van der Waals surface area (Å²) in [5.74, 6) is -1.37. The molecule has 158 valence electrons. The molecule has 2 N–H and O–H groups in total. The predicted octanol–water partition coefficient (Wildman–Crippen LogP) is 3.92. The van der Waals surface area contributed by atoms with Gasteiger partial charge in [-0.3, -0.25) is 4.79 Å². The number of carboxylic acid groups (broad SMARTS) is 1. The van der Waals surface area contributed by atoms with Gasteiger partial charge in [-0.25, -0.2) is 9.59 Å². The highest BCUT2D eigenvalue weighted by atomic mass is 16.5. The van der Waals surface area contributed by atoms with Crippen molar-refractivity contribution < 1.29 is 24.2 Å². The molecule has 1 aliphatic heterocycles. The third kappa shape index (κ3) is 4.78. The second-order valence-corrected chi connectivity index (χ2v) is 7.72. The van der Waals surface area contributed by atoms with Gasteiger partial charge in [-0.1, -0.05) is 25.5 Å². The minimum atomic E-state index is -0.838. The fourth-order valence-electron chi connectivity index (χ4n) is 3.61. The third-order valence-electron chi connectivity index (χ3n) is 5.55. The highest BCUT2D eigenvalue weighted by Crippen LogP contribution is 2.38. The molecule has 7 nitrogen and oxygen atoms in total. The van der Waals surface area contributed by atoms with Gasteiger partial charge in [-0.05, 0) is 49.3 Å². The van der Waals surface area contributed by atoms with E-state index in [0.29, 0.717) is 17.7 Å². The molecule has 1 aromatic carbocycles. The predicted molar refractivity (Wildman–Crippen MR) is 111 cm³/mol. The van der Waals surface area contributed by atoms with E-state index >= 15 is 0 Å². The van der Waals surface area contributed by atoms with Crippen molar-refractivity contribution >= 4 is 23.7 Å². The summed E-state index contributed by atoms with van der Waals surface area (Å²) in [5.41, 5.74) is 5.67. The summed E-state index contributed by atoms with van der Waals surface area (Å²) in [6.45, 7) is 8.01. The van der Waals surface area contributed by atoms with Gasteiger partial charge in [-0.2, -0.15) is 0 Å². The smallest absolute Gasteiger partial charge is 0.341 e. The fraction of sp³-hybridized carbons (Fsp3) is 0.500. The summed E-state index contributed by atoms with van der Waals surface area (Å²) in [6, 6.07) is -0.320. The van der Waals surface area contributed by atoms with Gasteiger partial charge in [0.2, 0.25) is 0 Å². The average Bonchev–Trinajstić information content (AvgIpc) is 3.03. The third-order valence-corrected chi connectivity index (χ3v) is 5.55. The molecule has 7 heteroatoms. The number of aliphatic carboxylic acids is 1. The fourth-order valence-corrected chi connectivity index (χ4v) is 3.61. The van der Waals surface area contributed by atoms with Crippen molar-refractivity contribution in [2.75, 3.05) is 19.4 Å². The van der Waals surface area contributed by atoms with Gasteiger partial charge >= 0.3 is 18.0 Å². The molecule has 0 spiro atoms. The van der Waals surface area contributed by atoms with E-state index in [9.17, 15) is 14.4 Å². The molecular weight excluding hydrogens is 372 g/mol. The number of fused-ring (bicyclic) bond motifs is 1. The van der Waals surface area contributed by atoms with Crippen molar-refractivity contribution in [1.29, 1.82) is 0 Å². The zero-order valence-corrected chi connectivity index (χ0v) is 18.0. The second kappa shape index (κ2) is 9.11. The van der Waals surface area contributed by atoms with Gasteiger partial charge < -0.3 is 20.1 Å². The van der Waals surface area contributed by atoms with E-state index in [4.69, 9.17) is 9.84 Å². The Labute approximate surface area is 171 Å². The summed E-state index contributed by atoms with van der Waals surface area (Å²) in [5, 5.41) is 11.9. The number of ether oxygens (including phenoxy) is 1. The van der Waals surface area contributed by atoms with E-state index < -0.39 is 11.9 Å². The number of rotatable bonds is 7. The first-order valence-corrected chi connectivity index (χ1v) is 9.79. The molecular formula is C22H30N2O5. The number of nitrogens with zero attached hydrogens (tertiary/aromatic N) is 1. The Hall–Kier alpha value is -2.83. The van der Waals surface area contributed by atoms with E-state index in [1.165, 1.54) is 4.90 Å². The van der Waals surface area contributed by atoms with Crippen LogP contribution in [0.3, 0.4) is 0 Å². The number of cyclic esters (lactones) is 1. The number of allylic oxidation sites excluding steroid dienone is 2. The Kier molecular flexibility index (Phi) is 7.06. The van der Waals surface area contributed by atoms with E-state index in [1.54, 1.807) is 14.1 Å². The first-order chi connectivity index (χ1) is 13.6. The van der Waals surface area contributed by atoms with Crippen LogP contribution in [-0.4, -0.2) is 42.1 Å². The van der Waals surface area contributed by atoms with Gasteiger partial charge in [0.25, 0.3) is 0 Å². The van der Waals surface area contributed by atoms with Gasteiger partial charge in [0.1, 0.15) is 6.61 Å². The number of esters is 1. The molecule has 1 aliphatic rings. The SMILES string of the molecule is CCc1c(C)c2c(c(NC(=O)N(C)C)c1C/C=C(\C)C(C)CC(=O)O)C(=O)OC2. The number of nitrogens with one attached hydrogen (secondary N) is 1. The maximum Gasteiger partial charge on any atom is 0.341 e. The molecule has 0 radical (unpaired) electrons. The number of carbonyl (C=O) groups is 3. The van der Waals surface area contributed by atoms with E-state index in [2.05, 4.69) is 5.32 Å². The van der Waals surface area contributed by atoms with E-state index in [-0.39, 0.29) is 25.0 Å². The summed E-state index contributed by atoms with van der Waals surface area (Å²) in [4.78, 5) is 37.3. The van der Waals surface area contributed by atoms with Crippen LogP contribution < -0.4 is 5.32 Å². The molecule has 0 saturated heterocycles. The normalized spacial score (nSPS) is 14.3. The number of hydrogen-bond donors (Lipinski definition) is 2. The van der Waals surface area contributed by atoms with Crippen molar-refractivity contribution in [2.45, 2.75) is 53.6 Å². The van der Waals surface area contributed by atoms with Crippen molar-refractivity contribution in [3.63, 3.8) is 0 Å². The Morgan fingerprint density at radius 1 is 1.31 bits per heavy atom. The topological polar surface area (TPSA) is 95.9 Å². The minimum Gasteiger partial charge on any atom is -0.481 e. The molecule has 1 unspecified atom stereocenters. The van der Waals surface area contributed by atoms with Crippen molar-refractivity contribution in [3.05, 3.63) is 39.5 Å². The van der Waals surface area contributed by atoms with Crippen LogP contribution in [-0.2, 0) is 29.0 Å². The molecule has 1 aromatic rings. The van der Waals surface area contributed by atoms with Crippen LogP contribution >= 0.6 is 0 Å². The zero-order chi connectivity index (χ0) is 21.9. The summed E-state index contributed by atoms with van der Waals surface area (Å²) < 4.78 is 5.26. The van der Waals surface area contributed by atoms with Crippen LogP contribution in [0.1, 0.15) is 59.8 Å². The quantitative estimate of drug-likeness (QED) is 0.532.